The van der Waals surface area contributed by atoms with Gasteiger partial charge in [-0.25, -0.2) is 0 Å². The average Bonchev–Trinajstić information content (AvgIpc) is 2.12. The Labute approximate surface area is 81.1 Å². The van der Waals surface area contributed by atoms with E-state index in [0.717, 1.165) is 5.56 Å². The van der Waals surface area contributed by atoms with E-state index in [0.29, 0.717) is 10.8 Å². The third kappa shape index (κ3) is 1.50. The number of fused-ring (bicyclic) bond motifs is 1. The maximum absolute atomic E-state index is 9.41. The fourth-order valence-corrected chi connectivity index (χ4v) is 1.56. The highest BCUT2D eigenvalue weighted by Crippen LogP contribution is 2.32. The van der Waals surface area contributed by atoms with E-state index < -0.39 is 6.10 Å². The Morgan fingerprint density at radius 3 is 3.08 bits per heavy atom. The van der Waals surface area contributed by atoms with Crippen molar-refractivity contribution in [3.8, 4) is 5.75 Å². The molecule has 0 aromatic heterocycles. The molecule has 1 aromatic rings. The van der Waals surface area contributed by atoms with Crippen molar-refractivity contribution in [3.63, 3.8) is 0 Å². The molecule has 13 heavy (non-hydrogen) atoms. The van der Waals surface area contributed by atoms with Crippen LogP contribution in [0.1, 0.15) is 11.6 Å². The van der Waals surface area contributed by atoms with Gasteiger partial charge in [0.1, 0.15) is 18.5 Å². The van der Waals surface area contributed by atoms with Gasteiger partial charge in [-0.2, -0.15) is 0 Å². The van der Waals surface area contributed by atoms with E-state index in [9.17, 15) is 5.11 Å². The molecule has 2 unspecified atom stereocenters. The van der Waals surface area contributed by atoms with Crippen molar-refractivity contribution in [2.45, 2.75) is 12.1 Å². The molecule has 1 aliphatic heterocycles. The molecule has 3 N–H and O–H groups in total. The molecular formula is C9H10ClNO2. The Hall–Kier alpha value is -0.770. The topological polar surface area (TPSA) is 55.5 Å². The second-order valence-corrected chi connectivity index (χ2v) is 3.52. The average molecular weight is 200 g/mol. The number of hydrogen-bond donors (Lipinski definition) is 2. The van der Waals surface area contributed by atoms with Gasteiger partial charge < -0.3 is 15.6 Å². The van der Waals surface area contributed by atoms with E-state index in [1.807, 2.05) is 0 Å². The summed E-state index contributed by atoms with van der Waals surface area (Å²) in [7, 11) is 0. The maximum atomic E-state index is 9.41. The number of ether oxygens (including phenoxy) is 1. The molecule has 3 nitrogen and oxygen atoms in total. The van der Waals surface area contributed by atoms with Crippen LogP contribution in [0, 0.1) is 0 Å². The van der Waals surface area contributed by atoms with Gasteiger partial charge in [0, 0.05) is 10.6 Å². The Bertz CT molecular complexity index is 329. The van der Waals surface area contributed by atoms with Crippen molar-refractivity contribution in [1.82, 2.24) is 0 Å². The minimum absolute atomic E-state index is 0.231. The van der Waals surface area contributed by atoms with Crippen LogP contribution in [0.5, 0.6) is 5.75 Å². The van der Waals surface area contributed by atoms with Crippen LogP contribution in [0.3, 0.4) is 0 Å². The zero-order chi connectivity index (χ0) is 9.42. The van der Waals surface area contributed by atoms with Crippen molar-refractivity contribution in [2.75, 3.05) is 6.61 Å². The molecule has 0 spiro atoms. The molecule has 70 valence electrons. The first-order valence-corrected chi connectivity index (χ1v) is 4.42. The molecule has 0 radical (unpaired) electrons. The second kappa shape index (κ2) is 3.18. The van der Waals surface area contributed by atoms with Crippen LogP contribution in [0.15, 0.2) is 18.2 Å². The van der Waals surface area contributed by atoms with Gasteiger partial charge in [-0.15, -0.1) is 0 Å². The lowest BCUT2D eigenvalue weighted by Gasteiger charge is -2.27. The summed E-state index contributed by atoms with van der Waals surface area (Å²) in [4.78, 5) is 0. The minimum Gasteiger partial charge on any atom is -0.490 e. The SMILES string of the molecule is NC1c2ccc(Cl)cc2OCC1O. The summed E-state index contributed by atoms with van der Waals surface area (Å²) in [6.07, 6.45) is -0.631. The lowest BCUT2D eigenvalue weighted by Crippen LogP contribution is -2.35. The first kappa shape index (κ1) is 8.81. The summed E-state index contributed by atoms with van der Waals surface area (Å²) in [5, 5.41) is 10.0. The Balaban J connectivity index is 2.44. The monoisotopic (exact) mass is 199 g/mol. The van der Waals surface area contributed by atoms with Crippen LogP contribution in [0.2, 0.25) is 5.02 Å². The summed E-state index contributed by atoms with van der Waals surface area (Å²) in [5.74, 6) is 0.672. The van der Waals surface area contributed by atoms with E-state index >= 15 is 0 Å². The summed E-state index contributed by atoms with van der Waals surface area (Å²) in [5.41, 5.74) is 6.58. The highest BCUT2D eigenvalue weighted by molar-refractivity contribution is 6.30. The van der Waals surface area contributed by atoms with Gasteiger partial charge in [0.05, 0.1) is 6.04 Å². The lowest BCUT2D eigenvalue weighted by molar-refractivity contribution is 0.0679. The molecule has 0 saturated heterocycles. The zero-order valence-corrected chi connectivity index (χ0v) is 7.66. The van der Waals surface area contributed by atoms with Crippen molar-refractivity contribution in [2.24, 2.45) is 5.73 Å². The van der Waals surface area contributed by atoms with Crippen LogP contribution >= 0.6 is 11.6 Å². The summed E-state index contributed by atoms with van der Waals surface area (Å²) >= 11 is 5.78. The molecule has 0 bridgehead atoms. The fourth-order valence-electron chi connectivity index (χ4n) is 1.39. The zero-order valence-electron chi connectivity index (χ0n) is 6.90. The van der Waals surface area contributed by atoms with Gasteiger partial charge in [0.15, 0.2) is 0 Å². The molecule has 2 atom stereocenters. The molecule has 1 aromatic carbocycles. The molecule has 0 aliphatic carbocycles. The first-order chi connectivity index (χ1) is 6.18. The van der Waals surface area contributed by atoms with Crippen LogP contribution in [-0.4, -0.2) is 17.8 Å². The highest BCUT2D eigenvalue weighted by Gasteiger charge is 2.26. The number of aliphatic hydroxyl groups is 1. The Morgan fingerprint density at radius 1 is 1.54 bits per heavy atom. The molecule has 2 rings (SSSR count). The normalized spacial score (nSPS) is 26.4. The van der Waals surface area contributed by atoms with E-state index in [2.05, 4.69) is 0 Å². The maximum Gasteiger partial charge on any atom is 0.125 e. The van der Waals surface area contributed by atoms with Crippen molar-refractivity contribution in [3.05, 3.63) is 28.8 Å². The molecular weight excluding hydrogens is 190 g/mol. The lowest BCUT2D eigenvalue weighted by atomic mass is 9.99. The number of aliphatic hydroxyl groups excluding tert-OH is 1. The smallest absolute Gasteiger partial charge is 0.125 e. The van der Waals surface area contributed by atoms with Gasteiger partial charge in [0.2, 0.25) is 0 Å². The number of hydrogen-bond acceptors (Lipinski definition) is 3. The van der Waals surface area contributed by atoms with Gasteiger partial charge in [0.25, 0.3) is 0 Å². The number of benzene rings is 1. The second-order valence-electron chi connectivity index (χ2n) is 3.09. The largest absolute Gasteiger partial charge is 0.490 e. The third-order valence-corrected chi connectivity index (χ3v) is 2.39. The molecule has 0 saturated carbocycles. The van der Waals surface area contributed by atoms with E-state index in [1.54, 1.807) is 18.2 Å². The Morgan fingerprint density at radius 2 is 2.31 bits per heavy atom. The first-order valence-electron chi connectivity index (χ1n) is 4.04. The highest BCUT2D eigenvalue weighted by atomic mass is 35.5. The predicted octanol–water partition coefficient (Wildman–Crippen LogP) is 1.09. The van der Waals surface area contributed by atoms with Crippen LogP contribution in [0.4, 0.5) is 0 Å². The molecule has 1 aliphatic rings. The van der Waals surface area contributed by atoms with Gasteiger partial charge in [-0.3, -0.25) is 0 Å². The molecule has 0 amide bonds. The number of rotatable bonds is 0. The molecule has 1 heterocycles. The summed E-state index contributed by atoms with van der Waals surface area (Å²) in [6, 6.07) is 4.86. The van der Waals surface area contributed by atoms with Gasteiger partial charge in [-0.1, -0.05) is 17.7 Å². The minimum atomic E-state index is -0.631. The molecule has 4 heteroatoms. The summed E-state index contributed by atoms with van der Waals surface area (Å²) in [6.45, 7) is 0.231. The van der Waals surface area contributed by atoms with E-state index in [1.165, 1.54) is 0 Å². The predicted molar refractivity (Wildman–Crippen MR) is 49.9 cm³/mol. The van der Waals surface area contributed by atoms with E-state index in [-0.39, 0.29) is 12.6 Å². The van der Waals surface area contributed by atoms with Crippen molar-refractivity contribution in [1.29, 1.82) is 0 Å². The Kier molecular flexibility index (Phi) is 2.15. The summed E-state index contributed by atoms with van der Waals surface area (Å²) < 4.78 is 5.27. The van der Waals surface area contributed by atoms with Crippen LogP contribution < -0.4 is 10.5 Å². The third-order valence-electron chi connectivity index (χ3n) is 2.16. The standard InChI is InChI=1S/C9H10ClNO2/c10-5-1-2-6-8(3-5)13-4-7(12)9(6)11/h1-3,7,9,12H,4,11H2. The van der Waals surface area contributed by atoms with Gasteiger partial charge in [-0.05, 0) is 12.1 Å². The fraction of sp³-hybridized carbons (Fsp3) is 0.333. The number of halogens is 1. The number of nitrogens with two attached hydrogens (primary N) is 1. The van der Waals surface area contributed by atoms with Gasteiger partial charge >= 0.3 is 0 Å². The van der Waals surface area contributed by atoms with E-state index in [4.69, 9.17) is 22.1 Å². The van der Waals surface area contributed by atoms with Crippen LogP contribution in [-0.2, 0) is 0 Å². The van der Waals surface area contributed by atoms with Crippen LogP contribution in [0.25, 0.3) is 0 Å². The van der Waals surface area contributed by atoms with Crippen molar-refractivity contribution < 1.29 is 9.84 Å². The molecule has 0 fully saturated rings. The van der Waals surface area contributed by atoms with Crippen molar-refractivity contribution >= 4 is 11.6 Å². The quantitative estimate of drug-likeness (QED) is 0.658.